The molecule has 2 aromatic carbocycles. The van der Waals surface area contributed by atoms with E-state index >= 15 is 0 Å². The van der Waals surface area contributed by atoms with E-state index in [0.717, 1.165) is 11.5 Å². The first-order chi connectivity index (χ1) is 9.19. The summed E-state index contributed by atoms with van der Waals surface area (Å²) in [5.41, 5.74) is 8.34. The second kappa shape index (κ2) is 6.64. The Morgan fingerprint density at radius 2 is 1.95 bits per heavy atom. The van der Waals surface area contributed by atoms with Crippen LogP contribution in [0.1, 0.15) is 24.1 Å². The minimum Gasteiger partial charge on any atom is -0.497 e. The van der Waals surface area contributed by atoms with Gasteiger partial charge in [-0.2, -0.15) is 0 Å². The van der Waals surface area contributed by atoms with Gasteiger partial charge in [-0.15, -0.1) is 11.8 Å². The standard InChI is InChI=1S/C16H19NOS/c1-12(17)14-6-4-8-16(10-14)19-11-13-5-3-7-15(9-13)18-2/h3-10,12H,11,17H2,1-2H3. The van der Waals surface area contributed by atoms with Crippen molar-refractivity contribution in [2.45, 2.75) is 23.6 Å². The van der Waals surface area contributed by atoms with Crippen molar-refractivity contribution in [3.05, 3.63) is 59.7 Å². The van der Waals surface area contributed by atoms with E-state index in [4.69, 9.17) is 10.5 Å². The third kappa shape index (κ3) is 4.01. The van der Waals surface area contributed by atoms with E-state index in [2.05, 4.69) is 36.4 Å². The van der Waals surface area contributed by atoms with Crippen molar-refractivity contribution >= 4 is 11.8 Å². The molecule has 0 aliphatic heterocycles. The van der Waals surface area contributed by atoms with E-state index in [1.54, 1.807) is 7.11 Å². The van der Waals surface area contributed by atoms with E-state index in [1.165, 1.54) is 16.0 Å². The summed E-state index contributed by atoms with van der Waals surface area (Å²) in [5.74, 6) is 1.84. The predicted octanol–water partition coefficient (Wildman–Crippen LogP) is 4.01. The number of ether oxygens (including phenoxy) is 1. The first-order valence-corrected chi connectivity index (χ1v) is 7.29. The molecule has 0 heterocycles. The molecule has 0 bridgehead atoms. The molecule has 100 valence electrons. The molecular weight excluding hydrogens is 254 g/mol. The van der Waals surface area contributed by atoms with Gasteiger partial charge in [0, 0.05) is 16.7 Å². The average Bonchev–Trinajstić information content (AvgIpc) is 2.45. The second-order valence-corrected chi connectivity index (χ2v) is 5.55. The number of hydrogen-bond donors (Lipinski definition) is 1. The van der Waals surface area contributed by atoms with Crippen LogP contribution in [0.5, 0.6) is 5.75 Å². The van der Waals surface area contributed by atoms with Crippen LogP contribution in [-0.2, 0) is 5.75 Å². The Labute approximate surface area is 119 Å². The molecule has 1 atom stereocenters. The lowest BCUT2D eigenvalue weighted by atomic mass is 10.1. The lowest BCUT2D eigenvalue weighted by molar-refractivity contribution is 0.414. The van der Waals surface area contributed by atoms with Crippen LogP contribution in [0.3, 0.4) is 0 Å². The fourth-order valence-electron chi connectivity index (χ4n) is 1.82. The van der Waals surface area contributed by atoms with Gasteiger partial charge in [0.05, 0.1) is 7.11 Å². The Morgan fingerprint density at radius 3 is 2.68 bits per heavy atom. The van der Waals surface area contributed by atoms with Gasteiger partial charge in [0.15, 0.2) is 0 Å². The molecule has 0 aromatic heterocycles. The van der Waals surface area contributed by atoms with Crippen LogP contribution in [0.2, 0.25) is 0 Å². The Bertz CT molecular complexity index is 540. The van der Waals surface area contributed by atoms with Crippen LogP contribution in [0.25, 0.3) is 0 Å². The van der Waals surface area contributed by atoms with Gasteiger partial charge in [-0.1, -0.05) is 24.3 Å². The zero-order valence-electron chi connectivity index (χ0n) is 11.3. The number of rotatable bonds is 5. The lowest BCUT2D eigenvalue weighted by Crippen LogP contribution is -2.04. The maximum atomic E-state index is 5.90. The highest BCUT2D eigenvalue weighted by molar-refractivity contribution is 7.98. The summed E-state index contributed by atoms with van der Waals surface area (Å²) in [6, 6.07) is 16.7. The number of nitrogens with two attached hydrogens (primary N) is 1. The van der Waals surface area contributed by atoms with E-state index in [1.807, 2.05) is 30.8 Å². The van der Waals surface area contributed by atoms with Crippen molar-refractivity contribution in [3.63, 3.8) is 0 Å². The zero-order chi connectivity index (χ0) is 13.7. The van der Waals surface area contributed by atoms with Crippen molar-refractivity contribution in [1.82, 2.24) is 0 Å². The van der Waals surface area contributed by atoms with Crippen LogP contribution in [0.4, 0.5) is 0 Å². The van der Waals surface area contributed by atoms with Gasteiger partial charge in [-0.25, -0.2) is 0 Å². The van der Waals surface area contributed by atoms with E-state index in [-0.39, 0.29) is 6.04 Å². The van der Waals surface area contributed by atoms with Crippen molar-refractivity contribution in [3.8, 4) is 5.75 Å². The Morgan fingerprint density at radius 1 is 1.16 bits per heavy atom. The maximum Gasteiger partial charge on any atom is 0.119 e. The lowest BCUT2D eigenvalue weighted by Gasteiger charge is -2.08. The highest BCUT2D eigenvalue weighted by Crippen LogP contribution is 2.26. The molecule has 2 aromatic rings. The second-order valence-electron chi connectivity index (χ2n) is 4.50. The topological polar surface area (TPSA) is 35.2 Å². The van der Waals surface area contributed by atoms with Crippen molar-refractivity contribution in [2.75, 3.05) is 7.11 Å². The Balaban J connectivity index is 2.03. The molecule has 0 aliphatic carbocycles. The van der Waals surface area contributed by atoms with Gasteiger partial charge in [0.1, 0.15) is 5.75 Å². The van der Waals surface area contributed by atoms with Gasteiger partial charge in [0.25, 0.3) is 0 Å². The molecule has 2 rings (SSSR count). The highest BCUT2D eigenvalue weighted by Gasteiger charge is 2.02. The summed E-state index contributed by atoms with van der Waals surface area (Å²) in [6.45, 7) is 2.01. The molecule has 0 spiro atoms. The Hall–Kier alpha value is -1.45. The van der Waals surface area contributed by atoms with E-state index < -0.39 is 0 Å². The number of benzene rings is 2. The minimum absolute atomic E-state index is 0.0809. The van der Waals surface area contributed by atoms with Crippen molar-refractivity contribution < 1.29 is 4.74 Å². The van der Waals surface area contributed by atoms with Crippen molar-refractivity contribution in [2.24, 2.45) is 5.73 Å². The number of thioether (sulfide) groups is 1. The third-order valence-corrected chi connectivity index (χ3v) is 3.99. The normalized spacial score (nSPS) is 12.2. The molecule has 2 nitrogen and oxygen atoms in total. The molecule has 2 N–H and O–H groups in total. The monoisotopic (exact) mass is 273 g/mol. The quantitative estimate of drug-likeness (QED) is 0.836. The fourth-order valence-corrected chi connectivity index (χ4v) is 2.72. The molecule has 0 aliphatic rings. The molecule has 0 radical (unpaired) electrons. The van der Waals surface area contributed by atoms with E-state index in [0.29, 0.717) is 0 Å². The molecule has 0 saturated carbocycles. The molecule has 0 saturated heterocycles. The zero-order valence-corrected chi connectivity index (χ0v) is 12.1. The fraction of sp³-hybridized carbons (Fsp3) is 0.250. The highest BCUT2D eigenvalue weighted by atomic mass is 32.2. The summed E-state index contributed by atoms with van der Waals surface area (Å²) in [7, 11) is 1.69. The predicted molar refractivity (Wildman–Crippen MR) is 81.6 cm³/mol. The largest absolute Gasteiger partial charge is 0.497 e. The van der Waals surface area contributed by atoms with Gasteiger partial charge in [0.2, 0.25) is 0 Å². The molecule has 19 heavy (non-hydrogen) atoms. The Kier molecular flexibility index (Phi) is 4.88. The van der Waals surface area contributed by atoms with Gasteiger partial charge < -0.3 is 10.5 Å². The summed E-state index contributed by atoms with van der Waals surface area (Å²) in [6.07, 6.45) is 0. The van der Waals surface area contributed by atoms with E-state index in [9.17, 15) is 0 Å². The van der Waals surface area contributed by atoms with Crippen LogP contribution in [-0.4, -0.2) is 7.11 Å². The third-order valence-electron chi connectivity index (χ3n) is 2.92. The van der Waals surface area contributed by atoms with Gasteiger partial charge in [-0.3, -0.25) is 0 Å². The first kappa shape index (κ1) is 14.0. The van der Waals surface area contributed by atoms with Crippen LogP contribution in [0, 0.1) is 0 Å². The molecule has 0 fully saturated rings. The summed E-state index contributed by atoms with van der Waals surface area (Å²) >= 11 is 1.81. The molecule has 1 unspecified atom stereocenters. The van der Waals surface area contributed by atoms with Crippen molar-refractivity contribution in [1.29, 1.82) is 0 Å². The molecular formula is C16H19NOS. The average molecular weight is 273 g/mol. The van der Waals surface area contributed by atoms with Gasteiger partial charge >= 0.3 is 0 Å². The summed E-state index contributed by atoms with van der Waals surface area (Å²) < 4.78 is 5.23. The van der Waals surface area contributed by atoms with Gasteiger partial charge in [-0.05, 0) is 42.3 Å². The number of methoxy groups -OCH3 is 1. The maximum absolute atomic E-state index is 5.90. The smallest absolute Gasteiger partial charge is 0.119 e. The molecule has 0 amide bonds. The van der Waals surface area contributed by atoms with Crippen LogP contribution in [0.15, 0.2) is 53.4 Å². The SMILES string of the molecule is COc1cccc(CSc2cccc(C(C)N)c2)c1. The van der Waals surface area contributed by atoms with Crippen LogP contribution >= 0.6 is 11.8 Å². The summed E-state index contributed by atoms with van der Waals surface area (Å²) in [5, 5.41) is 0. The van der Waals surface area contributed by atoms with Crippen LogP contribution < -0.4 is 10.5 Å². The summed E-state index contributed by atoms with van der Waals surface area (Å²) in [4.78, 5) is 1.25. The minimum atomic E-state index is 0.0809. The molecule has 3 heteroatoms. The first-order valence-electron chi connectivity index (χ1n) is 6.30. The number of hydrogen-bond acceptors (Lipinski definition) is 3.